The van der Waals surface area contributed by atoms with E-state index in [9.17, 15) is 24.3 Å². The van der Waals surface area contributed by atoms with E-state index in [0.29, 0.717) is 29.6 Å². The van der Waals surface area contributed by atoms with Crippen molar-refractivity contribution in [2.45, 2.75) is 0 Å². The van der Waals surface area contributed by atoms with Crippen LogP contribution in [0.15, 0.2) is 67.4 Å². The number of hydrogen-bond acceptors (Lipinski definition) is 8. The van der Waals surface area contributed by atoms with Gasteiger partial charge in [0.25, 0.3) is 5.91 Å². The van der Waals surface area contributed by atoms with Gasteiger partial charge in [-0.3, -0.25) is 10.0 Å². The topological polar surface area (TPSA) is 137 Å². The Kier molecular flexibility index (Phi) is 8.27. The lowest BCUT2D eigenvalue weighted by atomic mass is 10.2. The third-order valence-corrected chi connectivity index (χ3v) is 4.51. The van der Waals surface area contributed by atoms with Crippen molar-refractivity contribution in [1.82, 2.24) is 9.97 Å². The molecule has 0 spiro atoms. The van der Waals surface area contributed by atoms with E-state index in [1.165, 1.54) is 24.3 Å². The van der Waals surface area contributed by atoms with Crippen LogP contribution < -0.4 is 20.0 Å². The van der Waals surface area contributed by atoms with E-state index in [1.807, 2.05) is 0 Å². The van der Waals surface area contributed by atoms with E-state index in [4.69, 9.17) is 9.47 Å². The molecular formula is C23H22FN5O6. The molecule has 0 atom stereocenters. The minimum absolute atomic E-state index is 0.0562. The zero-order valence-corrected chi connectivity index (χ0v) is 18.6. The smallest absolute Gasteiger partial charge is 0.417 e. The highest BCUT2D eigenvalue weighted by Crippen LogP contribution is 2.30. The van der Waals surface area contributed by atoms with Crippen LogP contribution >= 0.6 is 0 Å². The van der Waals surface area contributed by atoms with Crippen molar-refractivity contribution in [3.8, 4) is 5.75 Å². The third-order valence-electron chi connectivity index (χ3n) is 4.51. The Bertz CT molecular complexity index is 1210. The molecule has 12 heteroatoms. The van der Waals surface area contributed by atoms with Gasteiger partial charge >= 0.3 is 6.09 Å². The first-order valence-corrected chi connectivity index (χ1v) is 10.1. The maximum atomic E-state index is 14.6. The fourth-order valence-electron chi connectivity index (χ4n) is 2.88. The fraction of sp³-hybridized carbons (Fsp3) is 0.130. The van der Waals surface area contributed by atoms with Crippen LogP contribution in [-0.4, -0.2) is 52.6 Å². The quantitative estimate of drug-likeness (QED) is 0.168. The molecule has 3 rings (SSSR count). The summed E-state index contributed by atoms with van der Waals surface area (Å²) >= 11 is 0. The molecule has 1 aromatic heterocycles. The van der Waals surface area contributed by atoms with Crippen LogP contribution in [0.25, 0.3) is 0 Å². The maximum absolute atomic E-state index is 14.6. The molecule has 0 saturated carbocycles. The van der Waals surface area contributed by atoms with E-state index in [-0.39, 0.29) is 22.4 Å². The number of nitrogens with zero attached hydrogens (tertiary/aromatic N) is 4. The van der Waals surface area contributed by atoms with E-state index in [2.05, 4.69) is 21.9 Å². The van der Waals surface area contributed by atoms with Crippen molar-refractivity contribution >= 4 is 40.8 Å². The molecule has 2 aromatic carbocycles. The number of hydroxylamine groups is 1. The van der Waals surface area contributed by atoms with Gasteiger partial charge in [-0.15, -0.1) is 0 Å². The summed E-state index contributed by atoms with van der Waals surface area (Å²) < 4.78 is 25.0. The summed E-state index contributed by atoms with van der Waals surface area (Å²) in [5.74, 6) is -1.86. The Hall–Kier alpha value is -4.55. The number of anilines is 5. The largest absolute Gasteiger partial charge is 0.491 e. The van der Waals surface area contributed by atoms with Crippen LogP contribution in [-0.2, 0) is 9.53 Å². The van der Waals surface area contributed by atoms with Crippen LogP contribution in [0.2, 0.25) is 0 Å². The van der Waals surface area contributed by atoms with Gasteiger partial charge in [0, 0.05) is 12.8 Å². The van der Waals surface area contributed by atoms with Gasteiger partial charge in [-0.2, -0.15) is 10.0 Å². The summed E-state index contributed by atoms with van der Waals surface area (Å²) in [5.41, 5.74) is 0.413. The SMILES string of the molecule is C=CC(=O)N(O)c1cccc(N(C(=O)O)c2nc(Nc3ccc(OCCOC)cc3)ncc2F)c1. The number of benzene rings is 2. The van der Waals surface area contributed by atoms with Crippen molar-refractivity contribution in [3.05, 3.63) is 73.2 Å². The first-order chi connectivity index (χ1) is 16.8. The van der Waals surface area contributed by atoms with Crippen molar-refractivity contribution < 1.29 is 33.8 Å². The minimum atomic E-state index is -1.55. The van der Waals surface area contributed by atoms with Gasteiger partial charge in [-0.25, -0.2) is 19.1 Å². The molecule has 2 amide bonds. The number of rotatable bonds is 10. The number of halogens is 1. The molecule has 0 bridgehead atoms. The molecule has 0 fully saturated rings. The van der Waals surface area contributed by atoms with Crippen molar-refractivity contribution in [2.24, 2.45) is 0 Å². The van der Waals surface area contributed by atoms with Crippen molar-refractivity contribution in [2.75, 3.05) is 35.6 Å². The minimum Gasteiger partial charge on any atom is -0.491 e. The van der Waals surface area contributed by atoms with Gasteiger partial charge in [-0.1, -0.05) is 12.6 Å². The molecule has 0 radical (unpaired) electrons. The Morgan fingerprint density at radius 1 is 1.17 bits per heavy atom. The molecule has 1 heterocycles. The highest BCUT2D eigenvalue weighted by Gasteiger charge is 2.24. The van der Waals surface area contributed by atoms with Gasteiger partial charge in [0.1, 0.15) is 12.4 Å². The normalized spacial score (nSPS) is 10.4. The Balaban J connectivity index is 1.87. The molecule has 0 saturated heterocycles. The Morgan fingerprint density at radius 2 is 1.89 bits per heavy atom. The molecule has 11 nitrogen and oxygen atoms in total. The zero-order valence-electron chi connectivity index (χ0n) is 18.6. The van der Waals surface area contributed by atoms with Crippen LogP contribution in [0.5, 0.6) is 5.75 Å². The Morgan fingerprint density at radius 3 is 2.54 bits per heavy atom. The van der Waals surface area contributed by atoms with Gasteiger partial charge in [-0.05, 0) is 48.5 Å². The lowest BCUT2D eigenvalue weighted by Gasteiger charge is -2.21. The van der Waals surface area contributed by atoms with Crippen molar-refractivity contribution in [1.29, 1.82) is 0 Å². The Labute approximate surface area is 199 Å². The zero-order chi connectivity index (χ0) is 25.4. The number of amides is 2. The fourth-order valence-corrected chi connectivity index (χ4v) is 2.88. The number of nitrogens with one attached hydrogen (secondary N) is 1. The van der Waals surface area contributed by atoms with Crippen LogP contribution in [0, 0.1) is 5.82 Å². The average Bonchev–Trinajstić information content (AvgIpc) is 2.86. The van der Waals surface area contributed by atoms with Gasteiger partial charge < -0.3 is 19.9 Å². The maximum Gasteiger partial charge on any atom is 0.417 e. The predicted molar refractivity (Wildman–Crippen MR) is 125 cm³/mol. The monoisotopic (exact) mass is 483 g/mol. The predicted octanol–water partition coefficient (Wildman–Crippen LogP) is 4.11. The lowest BCUT2D eigenvalue weighted by Crippen LogP contribution is -2.28. The summed E-state index contributed by atoms with van der Waals surface area (Å²) in [4.78, 5) is 32.2. The summed E-state index contributed by atoms with van der Waals surface area (Å²) in [6, 6.07) is 12.0. The second-order valence-corrected chi connectivity index (χ2v) is 6.85. The van der Waals surface area contributed by atoms with Crippen molar-refractivity contribution in [3.63, 3.8) is 0 Å². The molecular weight excluding hydrogens is 461 g/mol. The summed E-state index contributed by atoms with van der Waals surface area (Å²) in [7, 11) is 1.57. The van der Waals surface area contributed by atoms with Gasteiger partial charge in [0.2, 0.25) is 5.95 Å². The molecule has 35 heavy (non-hydrogen) atoms. The second kappa shape index (κ2) is 11.5. The molecule has 0 aliphatic carbocycles. The third kappa shape index (κ3) is 6.28. The van der Waals surface area contributed by atoms with Crippen LogP contribution in [0.4, 0.5) is 38.0 Å². The van der Waals surface area contributed by atoms with Gasteiger partial charge in [0.15, 0.2) is 11.6 Å². The highest BCUT2D eigenvalue weighted by atomic mass is 19.1. The van der Waals surface area contributed by atoms with Crippen LogP contribution in [0.1, 0.15) is 0 Å². The molecule has 0 aliphatic rings. The van der Waals surface area contributed by atoms with E-state index >= 15 is 0 Å². The first kappa shape index (κ1) is 25.1. The molecule has 3 N–H and O–H groups in total. The summed E-state index contributed by atoms with van der Waals surface area (Å²) in [6.07, 6.45) is 0.150. The number of methoxy groups -OCH3 is 1. The number of ether oxygens (including phenoxy) is 2. The van der Waals surface area contributed by atoms with Crippen LogP contribution in [0.3, 0.4) is 0 Å². The molecule has 0 unspecified atom stereocenters. The number of carbonyl (C=O) groups is 2. The highest BCUT2D eigenvalue weighted by molar-refractivity contribution is 6.00. The second-order valence-electron chi connectivity index (χ2n) is 6.85. The average molecular weight is 483 g/mol. The lowest BCUT2D eigenvalue weighted by molar-refractivity contribution is -0.118. The first-order valence-electron chi connectivity index (χ1n) is 10.1. The summed E-state index contributed by atoms with van der Waals surface area (Å²) in [6.45, 7) is 4.10. The van der Waals surface area contributed by atoms with E-state index in [1.54, 1.807) is 31.4 Å². The van der Waals surface area contributed by atoms with E-state index < -0.39 is 23.6 Å². The van der Waals surface area contributed by atoms with Gasteiger partial charge in [0.05, 0.1) is 24.2 Å². The number of carboxylic acid groups (broad SMARTS) is 1. The van der Waals surface area contributed by atoms with E-state index in [0.717, 1.165) is 12.3 Å². The molecule has 0 aliphatic heterocycles. The standard InChI is InChI=1S/C23H22FN5O6/c1-3-20(30)29(33)17-6-4-5-16(13-17)28(23(31)32)21-19(24)14-25-22(27-21)26-15-7-9-18(10-8-15)35-12-11-34-2/h3-10,13-14,33H,1,11-12H2,2H3,(H,31,32)(H,25,26,27). The number of hydrogen-bond donors (Lipinski definition) is 3. The molecule has 3 aromatic rings. The number of carbonyl (C=O) groups excluding carboxylic acids is 1. The number of aromatic nitrogens is 2. The summed E-state index contributed by atoms with van der Waals surface area (Å²) in [5, 5.41) is 22.9. The molecule has 182 valence electrons.